The van der Waals surface area contributed by atoms with Gasteiger partial charge in [-0.2, -0.15) is 0 Å². The second-order valence-corrected chi connectivity index (χ2v) is 10.1. The SMILES string of the molecule is COc1cc(/C=C2/SC(=O)N(CC(=O)Nc3cccc4ccccc34)C2=O)ccc1OCc1ccc(Cl)cc1. The van der Waals surface area contributed by atoms with Crippen molar-refractivity contribution in [2.24, 2.45) is 0 Å². The standard InChI is InChI=1S/C30H23ClN2O5S/c1-37-26-15-20(11-14-25(26)38-18-19-9-12-22(31)13-10-19)16-27-29(35)33(30(36)39-27)17-28(34)32-24-8-4-6-21-5-2-3-7-23(21)24/h2-16H,17-18H2,1H3,(H,32,34)/b27-16+. The Morgan fingerprint density at radius 3 is 2.54 bits per heavy atom. The number of anilines is 1. The smallest absolute Gasteiger partial charge is 0.294 e. The molecule has 4 aromatic rings. The molecule has 1 heterocycles. The molecule has 1 N–H and O–H groups in total. The number of carbonyl (C=O) groups excluding carboxylic acids is 3. The van der Waals surface area contributed by atoms with E-state index in [0.29, 0.717) is 34.4 Å². The predicted octanol–water partition coefficient (Wildman–Crippen LogP) is 6.76. The van der Waals surface area contributed by atoms with E-state index in [1.165, 1.54) is 7.11 Å². The van der Waals surface area contributed by atoms with Crippen LogP contribution in [0.5, 0.6) is 11.5 Å². The molecule has 0 spiro atoms. The van der Waals surface area contributed by atoms with Crippen molar-refractivity contribution in [2.75, 3.05) is 19.0 Å². The van der Waals surface area contributed by atoms with Crippen LogP contribution in [0.3, 0.4) is 0 Å². The zero-order chi connectivity index (χ0) is 27.4. The number of hydrogen-bond acceptors (Lipinski definition) is 6. The van der Waals surface area contributed by atoms with Gasteiger partial charge < -0.3 is 14.8 Å². The number of ether oxygens (including phenoxy) is 2. The first-order valence-corrected chi connectivity index (χ1v) is 13.2. The lowest BCUT2D eigenvalue weighted by molar-refractivity contribution is -0.127. The molecule has 0 bridgehead atoms. The van der Waals surface area contributed by atoms with Gasteiger partial charge in [-0.15, -0.1) is 0 Å². The molecule has 39 heavy (non-hydrogen) atoms. The molecule has 1 aliphatic heterocycles. The monoisotopic (exact) mass is 558 g/mol. The van der Waals surface area contributed by atoms with Gasteiger partial charge in [-0.1, -0.05) is 66.2 Å². The first-order chi connectivity index (χ1) is 18.9. The Bertz CT molecular complexity index is 1600. The molecule has 3 amide bonds. The van der Waals surface area contributed by atoms with E-state index in [2.05, 4.69) is 5.32 Å². The van der Waals surface area contributed by atoms with Crippen molar-refractivity contribution in [3.63, 3.8) is 0 Å². The topological polar surface area (TPSA) is 84.9 Å². The number of carbonyl (C=O) groups is 3. The highest BCUT2D eigenvalue weighted by Crippen LogP contribution is 2.35. The summed E-state index contributed by atoms with van der Waals surface area (Å²) in [5.74, 6) is 0.0214. The lowest BCUT2D eigenvalue weighted by Gasteiger charge is -2.13. The molecular formula is C30H23ClN2O5S. The quantitative estimate of drug-likeness (QED) is 0.241. The molecule has 196 valence electrons. The van der Waals surface area contributed by atoms with Crippen LogP contribution in [0.15, 0.2) is 89.8 Å². The molecule has 0 radical (unpaired) electrons. The second kappa shape index (κ2) is 11.6. The number of fused-ring (bicyclic) bond motifs is 1. The number of nitrogens with zero attached hydrogens (tertiary/aromatic N) is 1. The highest BCUT2D eigenvalue weighted by Gasteiger charge is 2.36. The predicted molar refractivity (Wildman–Crippen MR) is 154 cm³/mol. The summed E-state index contributed by atoms with van der Waals surface area (Å²) >= 11 is 6.72. The maximum Gasteiger partial charge on any atom is 0.294 e. The van der Waals surface area contributed by atoms with E-state index in [1.54, 1.807) is 42.5 Å². The van der Waals surface area contributed by atoms with Crippen LogP contribution in [-0.2, 0) is 16.2 Å². The number of hydrogen-bond donors (Lipinski definition) is 1. The van der Waals surface area contributed by atoms with Crippen molar-refractivity contribution in [1.29, 1.82) is 0 Å². The number of benzene rings is 4. The number of halogens is 1. The summed E-state index contributed by atoms with van der Waals surface area (Å²) < 4.78 is 11.4. The van der Waals surface area contributed by atoms with E-state index >= 15 is 0 Å². The minimum atomic E-state index is -0.528. The largest absolute Gasteiger partial charge is 0.493 e. The van der Waals surface area contributed by atoms with Crippen molar-refractivity contribution in [2.45, 2.75) is 6.61 Å². The van der Waals surface area contributed by atoms with Crippen LogP contribution in [-0.4, -0.2) is 35.6 Å². The first-order valence-electron chi connectivity index (χ1n) is 12.0. The Labute approximate surface area is 234 Å². The number of nitrogens with one attached hydrogen (secondary N) is 1. The van der Waals surface area contributed by atoms with Gasteiger partial charge in [0.1, 0.15) is 13.2 Å². The summed E-state index contributed by atoms with van der Waals surface area (Å²) in [5, 5.41) is 4.80. The summed E-state index contributed by atoms with van der Waals surface area (Å²) in [6.45, 7) is -0.0569. The minimum Gasteiger partial charge on any atom is -0.493 e. The Balaban J connectivity index is 1.26. The number of amides is 3. The molecule has 0 aliphatic carbocycles. The molecular weight excluding hydrogens is 536 g/mol. The van der Waals surface area contributed by atoms with Crippen LogP contribution in [0.2, 0.25) is 5.02 Å². The van der Waals surface area contributed by atoms with E-state index in [0.717, 1.165) is 33.0 Å². The fourth-order valence-corrected chi connectivity index (χ4v) is 5.05. The van der Waals surface area contributed by atoms with Crippen LogP contribution in [0, 0.1) is 0 Å². The highest BCUT2D eigenvalue weighted by atomic mass is 35.5. The summed E-state index contributed by atoms with van der Waals surface area (Å²) in [6, 6.07) is 25.8. The van der Waals surface area contributed by atoms with E-state index in [1.807, 2.05) is 48.5 Å². The molecule has 1 saturated heterocycles. The van der Waals surface area contributed by atoms with Crippen molar-refractivity contribution in [3.05, 3.63) is 106 Å². The summed E-state index contributed by atoms with van der Waals surface area (Å²) in [6.07, 6.45) is 1.60. The third-order valence-corrected chi connectivity index (χ3v) is 7.19. The Kier molecular flexibility index (Phi) is 7.86. The van der Waals surface area contributed by atoms with Gasteiger partial charge in [-0.05, 0) is 64.7 Å². The molecule has 9 heteroatoms. The normalized spacial score (nSPS) is 14.2. The molecule has 7 nitrogen and oxygen atoms in total. The van der Waals surface area contributed by atoms with Crippen LogP contribution in [0.1, 0.15) is 11.1 Å². The van der Waals surface area contributed by atoms with Gasteiger partial charge >= 0.3 is 0 Å². The van der Waals surface area contributed by atoms with Gasteiger partial charge in [0, 0.05) is 16.1 Å². The maximum atomic E-state index is 13.0. The molecule has 0 unspecified atom stereocenters. The lowest BCUT2D eigenvalue weighted by Crippen LogP contribution is -2.36. The van der Waals surface area contributed by atoms with Crippen LogP contribution in [0.4, 0.5) is 10.5 Å². The molecule has 0 atom stereocenters. The van der Waals surface area contributed by atoms with Gasteiger partial charge in [0.05, 0.1) is 12.0 Å². The van der Waals surface area contributed by atoms with Gasteiger partial charge in [0.15, 0.2) is 11.5 Å². The second-order valence-electron chi connectivity index (χ2n) is 8.67. The summed E-state index contributed by atoms with van der Waals surface area (Å²) in [4.78, 5) is 39.5. The van der Waals surface area contributed by atoms with Crippen LogP contribution < -0.4 is 14.8 Å². The zero-order valence-corrected chi connectivity index (χ0v) is 22.4. The molecule has 0 saturated carbocycles. The Morgan fingerprint density at radius 2 is 1.74 bits per heavy atom. The fourth-order valence-electron chi connectivity index (χ4n) is 4.09. The highest BCUT2D eigenvalue weighted by molar-refractivity contribution is 8.18. The molecule has 4 aromatic carbocycles. The van der Waals surface area contributed by atoms with Crippen molar-refractivity contribution >= 4 is 63.0 Å². The van der Waals surface area contributed by atoms with Gasteiger partial charge in [-0.25, -0.2) is 0 Å². The van der Waals surface area contributed by atoms with Crippen molar-refractivity contribution in [1.82, 2.24) is 4.90 Å². The van der Waals surface area contributed by atoms with E-state index in [4.69, 9.17) is 21.1 Å². The van der Waals surface area contributed by atoms with E-state index in [9.17, 15) is 14.4 Å². The number of methoxy groups -OCH3 is 1. The van der Waals surface area contributed by atoms with Crippen molar-refractivity contribution in [3.8, 4) is 11.5 Å². The molecule has 1 fully saturated rings. The summed E-state index contributed by atoms with van der Waals surface area (Å²) in [5.41, 5.74) is 2.21. The first kappa shape index (κ1) is 26.3. The average molecular weight is 559 g/mol. The van der Waals surface area contributed by atoms with Crippen LogP contribution in [0.25, 0.3) is 16.8 Å². The number of thioether (sulfide) groups is 1. The average Bonchev–Trinajstić information content (AvgIpc) is 3.20. The zero-order valence-electron chi connectivity index (χ0n) is 20.8. The Morgan fingerprint density at radius 1 is 0.974 bits per heavy atom. The van der Waals surface area contributed by atoms with Gasteiger partial charge in [0.2, 0.25) is 5.91 Å². The third-order valence-electron chi connectivity index (χ3n) is 6.03. The van der Waals surface area contributed by atoms with E-state index < -0.39 is 17.1 Å². The lowest BCUT2D eigenvalue weighted by atomic mass is 10.1. The van der Waals surface area contributed by atoms with Gasteiger partial charge in [-0.3, -0.25) is 19.3 Å². The third kappa shape index (κ3) is 6.08. The maximum absolute atomic E-state index is 13.0. The Hall–Kier alpha value is -4.27. The number of rotatable bonds is 8. The molecule has 0 aromatic heterocycles. The molecule has 5 rings (SSSR count). The van der Waals surface area contributed by atoms with Crippen molar-refractivity contribution < 1.29 is 23.9 Å². The van der Waals surface area contributed by atoms with Crippen LogP contribution >= 0.6 is 23.4 Å². The van der Waals surface area contributed by atoms with Gasteiger partial charge in [0.25, 0.3) is 11.1 Å². The fraction of sp³-hybridized carbons (Fsp3) is 0.100. The number of imide groups is 1. The summed E-state index contributed by atoms with van der Waals surface area (Å²) in [7, 11) is 1.52. The van der Waals surface area contributed by atoms with E-state index in [-0.39, 0.29) is 11.4 Å². The molecule has 1 aliphatic rings. The minimum absolute atomic E-state index is 0.217.